The van der Waals surface area contributed by atoms with Gasteiger partial charge in [0, 0.05) is 39.1 Å². The van der Waals surface area contributed by atoms with Gasteiger partial charge in [-0.15, -0.1) is 0 Å². The van der Waals surface area contributed by atoms with Crippen LogP contribution in [0.25, 0.3) is 0 Å². The van der Waals surface area contributed by atoms with Crippen LogP contribution in [0.5, 0.6) is 0 Å². The number of nitrogens with zero attached hydrogens (tertiary/aromatic N) is 1. The van der Waals surface area contributed by atoms with E-state index in [2.05, 4.69) is 18.7 Å². The van der Waals surface area contributed by atoms with Crippen LogP contribution in [0.2, 0.25) is 0 Å². The molecular formula is C14H25NO2. The molecule has 1 saturated carbocycles. The van der Waals surface area contributed by atoms with Crippen molar-refractivity contribution in [1.82, 2.24) is 4.90 Å². The van der Waals surface area contributed by atoms with Gasteiger partial charge >= 0.3 is 0 Å². The van der Waals surface area contributed by atoms with Crippen LogP contribution in [0, 0.1) is 11.3 Å². The number of rotatable bonds is 3. The number of ketones is 1. The first kappa shape index (κ1) is 13.0. The van der Waals surface area contributed by atoms with E-state index in [1.165, 1.54) is 0 Å². The average molecular weight is 239 g/mol. The maximum Gasteiger partial charge on any atom is 0.137 e. The van der Waals surface area contributed by atoms with Crippen LogP contribution in [0.1, 0.15) is 39.5 Å². The van der Waals surface area contributed by atoms with Crippen molar-refractivity contribution >= 4 is 5.78 Å². The number of hydrogen-bond acceptors (Lipinski definition) is 3. The minimum atomic E-state index is 0.259. The molecule has 3 nitrogen and oxygen atoms in total. The van der Waals surface area contributed by atoms with Crippen molar-refractivity contribution in [3.05, 3.63) is 0 Å². The maximum absolute atomic E-state index is 12.0. The maximum atomic E-state index is 12.0. The van der Waals surface area contributed by atoms with Gasteiger partial charge in [0.05, 0.1) is 6.10 Å². The molecule has 0 spiro atoms. The van der Waals surface area contributed by atoms with Crippen LogP contribution < -0.4 is 0 Å². The third kappa shape index (κ3) is 3.29. The van der Waals surface area contributed by atoms with Crippen LogP contribution in [-0.4, -0.2) is 43.5 Å². The monoisotopic (exact) mass is 239 g/mol. The molecule has 2 aliphatic rings. The molecule has 0 aromatic heterocycles. The average Bonchev–Trinajstić information content (AvgIpc) is 2.71. The predicted molar refractivity (Wildman–Crippen MR) is 68.0 cm³/mol. The van der Waals surface area contributed by atoms with Crippen molar-refractivity contribution in [1.29, 1.82) is 0 Å². The Balaban J connectivity index is 1.87. The van der Waals surface area contributed by atoms with Crippen LogP contribution in [-0.2, 0) is 9.53 Å². The van der Waals surface area contributed by atoms with E-state index in [-0.39, 0.29) is 5.92 Å². The molecule has 98 valence electrons. The summed E-state index contributed by atoms with van der Waals surface area (Å²) in [5.74, 6) is 0.736. The van der Waals surface area contributed by atoms with Gasteiger partial charge in [0.2, 0.25) is 0 Å². The summed E-state index contributed by atoms with van der Waals surface area (Å²) in [5.41, 5.74) is 0.346. The molecule has 2 rings (SSSR count). The van der Waals surface area contributed by atoms with E-state index in [9.17, 15) is 4.79 Å². The topological polar surface area (TPSA) is 29.5 Å². The number of likely N-dealkylation sites (tertiary alicyclic amines) is 1. The molecule has 0 radical (unpaired) electrons. The Morgan fingerprint density at radius 3 is 2.88 bits per heavy atom. The summed E-state index contributed by atoms with van der Waals surface area (Å²) in [6.45, 7) is 7.61. The lowest BCUT2D eigenvalue weighted by atomic mass is 9.71. The first-order chi connectivity index (χ1) is 8.00. The highest BCUT2D eigenvalue weighted by Gasteiger charge is 2.35. The molecule has 17 heavy (non-hydrogen) atoms. The molecule has 3 heteroatoms. The van der Waals surface area contributed by atoms with E-state index in [0.717, 1.165) is 45.3 Å². The lowest BCUT2D eigenvalue weighted by Gasteiger charge is -2.35. The normalized spacial score (nSPS) is 34.2. The molecule has 1 heterocycles. The number of carbonyl (C=O) groups is 1. The summed E-state index contributed by atoms with van der Waals surface area (Å²) in [7, 11) is 1.78. The van der Waals surface area contributed by atoms with Crippen LogP contribution in [0.15, 0.2) is 0 Å². The van der Waals surface area contributed by atoms with E-state index in [0.29, 0.717) is 17.3 Å². The van der Waals surface area contributed by atoms with E-state index in [4.69, 9.17) is 4.74 Å². The molecular weight excluding hydrogens is 214 g/mol. The van der Waals surface area contributed by atoms with Crippen molar-refractivity contribution in [2.24, 2.45) is 11.3 Å². The van der Waals surface area contributed by atoms with E-state index >= 15 is 0 Å². The molecule has 0 aromatic carbocycles. The number of Topliss-reactive ketones (excluding diaryl/α,β-unsaturated/α-hetero) is 1. The molecule has 0 amide bonds. The van der Waals surface area contributed by atoms with Crippen molar-refractivity contribution in [3.63, 3.8) is 0 Å². The lowest BCUT2D eigenvalue weighted by molar-refractivity contribution is -0.127. The van der Waals surface area contributed by atoms with Crippen LogP contribution in [0.3, 0.4) is 0 Å². The van der Waals surface area contributed by atoms with E-state index < -0.39 is 0 Å². The molecule has 2 unspecified atom stereocenters. The molecule has 1 aliphatic carbocycles. The minimum Gasteiger partial charge on any atom is -0.380 e. The zero-order valence-electron chi connectivity index (χ0n) is 11.4. The van der Waals surface area contributed by atoms with Gasteiger partial charge in [-0.05, 0) is 24.7 Å². The number of hydrogen-bond donors (Lipinski definition) is 0. The molecule has 1 aliphatic heterocycles. The quantitative estimate of drug-likeness (QED) is 0.755. The number of carbonyl (C=O) groups excluding carboxylic acids is 1. The SMILES string of the molecule is COC1CCN(CC2CC(C)(C)CCC2=O)C1. The second-order valence-electron chi connectivity index (χ2n) is 6.44. The highest BCUT2D eigenvalue weighted by atomic mass is 16.5. The third-order valence-corrected chi connectivity index (χ3v) is 4.34. The Morgan fingerprint density at radius 2 is 2.24 bits per heavy atom. The summed E-state index contributed by atoms with van der Waals surface area (Å²) in [4.78, 5) is 14.4. The Bertz CT molecular complexity index is 288. The van der Waals surface area contributed by atoms with Gasteiger partial charge in [0.25, 0.3) is 0 Å². The fraction of sp³-hybridized carbons (Fsp3) is 0.929. The Kier molecular flexibility index (Phi) is 3.88. The summed E-state index contributed by atoms with van der Waals surface area (Å²) < 4.78 is 5.37. The minimum absolute atomic E-state index is 0.259. The summed E-state index contributed by atoms with van der Waals surface area (Å²) in [5, 5.41) is 0. The summed E-state index contributed by atoms with van der Waals surface area (Å²) in [6.07, 6.45) is 4.38. The van der Waals surface area contributed by atoms with Crippen molar-refractivity contribution in [2.75, 3.05) is 26.7 Å². The van der Waals surface area contributed by atoms with Gasteiger partial charge in [0.1, 0.15) is 5.78 Å². The van der Waals surface area contributed by atoms with Gasteiger partial charge < -0.3 is 4.74 Å². The number of ether oxygens (including phenoxy) is 1. The summed E-state index contributed by atoms with van der Waals surface area (Å²) in [6, 6.07) is 0. The molecule has 0 N–H and O–H groups in total. The summed E-state index contributed by atoms with van der Waals surface area (Å²) >= 11 is 0. The first-order valence-electron chi connectivity index (χ1n) is 6.78. The van der Waals surface area contributed by atoms with Crippen molar-refractivity contribution in [3.8, 4) is 0 Å². The molecule has 2 fully saturated rings. The van der Waals surface area contributed by atoms with Crippen molar-refractivity contribution in [2.45, 2.75) is 45.6 Å². The zero-order chi connectivity index (χ0) is 12.5. The van der Waals surface area contributed by atoms with Gasteiger partial charge in [-0.25, -0.2) is 0 Å². The molecule has 0 bridgehead atoms. The first-order valence-corrected chi connectivity index (χ1v) is 6.78. The standard InChI is InChI=1S/C14H25NO2/c1-14(2)6-4-13(16)11(8-14)9-15-7-5-12(10-15)17-3/h11-12H,4-10H2,1-3H3. The Labute approximate surface area is 105 Å². The Morgan fingerprint density at radius 1 is 1.47 bits per heavy atom. The second-order valence-corrected chi connectivity index (χ2v) is 6.44. The highest BCUT2D eigenvalue weighted by molar-refractivity contribution is 5.82. The fourth-order valence-electron chi connectivity index (χ4n) is 3.18. The molecule has 1 saturated heterocycles. The smallest absolute Gasteiger partial charge is 0.137 e. The number of methoxy groups -OCH3 is 1. The largest absolute Gasteiger partial charge is 0.380 e. The van der Waals surface area contributed by atoms with Gasteiger partial charge in [-0.3, -0.25) is 9.69 Å². The van der Waals surface area contributed by atoms with E-state index in [1.54, 1.807) is 7.11 Å². The van der Waals surface area contributed by atoms with Gasteiger partial charge in [-0.2, -0.15) is 0 Å². The Hall–Kier alpha value is -0.410. The molecule has 0 aromatic rings. The third-order valence-electron chi connectivity index (χ3n) is 4.34. The van der Waals surface area contributed by atoms with Gasteiger partial charge in [0.15, 0.2) is 0 Å². The second kappa shape index (κ2) is 5.07. The van der Waals surface area contributed by atoms with Crippen molar-refractivity contribution < 1.29 is 9.53 Å². The zero-order valence-corrected chi connectivity index (χ0v) is 11.4. The van der Waals surface area contributed by atoms with E-state index in [1.807, 2.05) is 0 Å². The molecule has 2 atom stereocenters. The fourth-order valence-corrected chi connectivity index (χ4v) is 3.18. The highest BCUT2D eigenvalue weighted by Crippen LogP contribution is 2.37. The van der Waals surface area contributed by atoms with Gasteiger partial charge in [-0.1, -0.05) is 13.8 Å². The predicted octanol–water partition coefficient (Wildman–Crippen LogP) is 2.10. The van der Waals surface area contributed by atoms with Crippen LogP contribution >= 0.6 is 0 Å². The lowest BCUT2D eigenvalue weighted by Crippen LogP contribution is -2.38. The van der Waals surface area contributed by atoms with Crippen LogP contribution in [0.4, 0.5) is 0 Å².